The molecule has 0 aromatic heterocycles. The number of nitrogens with zero attached hydrogens (tertiary/aromatic N) is 1. The molecule has 0 spiro atoms. The van der Waals surface area contributed by atoms with Gasteiger partial charge in [0.2, 0.25) is 0 Å². The predicted octanol–water partition coefficient (Wildman–Crippen LogP) is 2.53. The number of halogens is 1. The summed E-state index contributed by atoms with van der Waals surface area (Å²) in [4.78, 5) is 25.7. The lowest BCUT2D eigenvalue weighted by Crippen LogP contribution is -2.43. The number of nitrogens with one attached hydrogen (secondary N) is 1. The summed E-state index contributed by atoms with van der Waals surface area (Å²) in [6.07, 6.45) is 0.546. The maximum Gasteiger partial charge on any atom is 0.312 e. The molecule has 2 amide bonds. The van der Waals surface area contributed by atoms with Crippen LogP contribution in [0.25, 0.3) is 0 Å². The molecule has 0 atom stereocenters. The smallest absolute Gasteiger partial charge is 0.312 e. The van der Waals surface area contributed by atoms with Gasteiger partial charge in [-0.3, -0.25) is 9.59 Å². The van der Waals surface area contributed by atoms with Gasteiger partial charge >= 0.3 is 11.8 Å². The summed E-state index contributed by atoms with van der Waals surface area (Å²) in [5.74, 6) is -1.45. The van der Waals surface area contributed by atoms with Gasteiger partial charge in [-0.15, -0.1) is 0 Å². The fourth-order valence-electron chi connectivity index (χ4n) is 2.32. The van der Waals surface area contributed by atoms with Crippen LogP contribution < -0.4 is 5.32 Å². The third-order valence-corrected chi connectivity index (χ3v) is 3.69. The molecule has 0 fully saturated rings. The second kappa shape index (κ2) is 8.82. The molecule has 5 heteroatoms. The number of carbonyl (C=O) groups excluding carboxylic acids is 2. The first kappa shape index (κ1) is 17.7. The number of amides is 2. The highest BCUT2D eigenvalue weighted by molar-refractivity contribution is 6.34. The van der Waals surface area contributed by atoms with Crippen LogP contribution in [0.15, 0.2) is 54.6 Å². The molecule has 2 aromatic carbocycles. The van der Waals surface area contributed by atoms with Gasteiger partial charge < -0.3 is 10.2 Å². The molecule has 24 heavy (non-hydrogen) atoms. The third kappa shape index (κ3) is 5.19. The van der Waals surface area contributed by atoms with Crippen molar-refractivity contribution >= 4 is 11.8 Å². The molecule has 0 aliphatic heterocycles. The molecule has 0 saturated heterocycles. The molecule has 2 rings (SSSR count). The molecular weight excluding hydrogens is 307 g/mol. The topological polar surface area (TPSA) is 49.4 Å². The fraction of sp³-hybridized carbons (Fsp3) is 0.263. The average molecular weight is 328 g/mol. The molecule has 1 N–H and O–H groups in total. The number of hydrogen-bond acceptors (Lipinski definition) is 2. The molecule has 0 radical (unpaired) electrons. The SMILES string of the molecule is CCN(Cc1ccccc1)C(=O)C(=O)NCCc1ccc(F)cc1. The normalized spacial score (nSPS) is 10.2. The Labute approximate surface area is 141 Å². The molecule has 0 aliphatic rings. The predicted molar refractivity (Wildman–Crippen MR) is 90.6 cm³/mol. The van der Waals surface area contributed by atoms with E-state index in [0.29, 0.717) is 26.1 Å². The van der Waals surface area contributed by atoms with Gasteiger partial charge in [-0.05, 0) is 36.6 Å². The lowest BCUT2D eigenvalue weighted by molar-refractivity contribution is -0.146. The monoisotopic (exact) mass is 328 g/mol. The Morgan fingerprint density at radius 3 is 2.29 bits per heavy atom. The summed E-state index contributed by atoms with van der Waals surface area (Å²) >= 11 is 0. The van der Waals surface area contributed by atoms with Crippen LogP contribution in [0.5, 0.6) is 0 Å². The second-order valence-electron chi connectivity index (χ2n) is 5.44. The minimum absolute atomic E-state index is 0.294. The van der Waals surface area contributed by atoms with E-state index in [1.54, 1.807) is 12.1 Å². The first-order valence-corrected chi connectivity index (χ1v) is 7.95. The van der Waals surface area contributed by atoms with Crippen LogP contribution in [-0.4, -0.2) is 29.8 Å². The average Bonchev–Trinajstić information content (AvgIpc) is 2.61. The standard InChI is InChI=1S/C19H21FN2O2/c1-2-22(14-16-6-4-3-5-7-16)19(24)18(23)21-13-12-15-8-10-17(20)11-9-15/h3-11H,2,12-14H2,1H3,(H,21,23). The quantitative estimate of drug-likeness (QED) is 0.829. The third-order valence-electron chi connectivity index (χ3n) is 3.69. The van der Waals surface area contributed by atoms with Crippen molar-refractivity contribution in [1.82, 2.24) is 10.2 Å². The van der Waals surface area contributed by atoms with Crippen LogP contribution in [0, 0.1) is 5.82 Å². The van der Waals surface area contributed by atoms with Crippen LogP contribution in [0.4, 0.5) is 4.39 Å². The zero-order chi connectivity index (χ0) is 17.4. The van der Waals surface area contributed by atoms with Crippen molar-refractivity contribution in [2.75, 3.05) is 13.1 Å². The zero-order valence-corrected chi connectivity index (χ0v) is 13.7. The van der Waals surface area contributed by atoms with Gasteiger partial charge in [0.05, 0.1) is 0 Å². The van der Waals surface area contributed by atoms with Gasteiger partial charge in [0.15, 0.2) is 0 Å². The highest BCUT2D eigenvalue weighted by atomic mass is 19.1. The van der Waals surface area contributed by atoms with Crippen LogP contribution in [-0.2, 0) is 22.6 Å². The number of rotatable bonds is 6. The number of carbonyl (C=O) groups is 2. The van der Waals surface area contributed by atoms with E-state index in [0.717, 1.165) is 11.1 Å². The van der Waals surface area contributed by atoms with E-state index in [1.807, 2.05) is 37.3 Å². The van der Waals surface area contributed by atoms with Gasteiger partial charge in [-0.25, -0.2) is 4.39 Å². The van der Waals surface area contributed by atoms with Crippen LogP contribution in [0.3, 0.4) is 0 Å². The molecule has 0 heterocycles. The Morgan fingerprint density at radius 1 is 1.00 bits per heavy atom. The number of benzene rings is 2. The fourth-order valence-corrected chi connectivity index (χ4v) is 2.32. The summed E-state index contributed by atoms with van der Waals surface area (Å²) in [6, 6.07) is 15.6. The van der Waals surface area contributed by atoms with Crippen molar-refractivity contribution in [1.29, 1.82) is 0 Å². The molecule has 126 valence electrons. The minimum atomic E-state index is -0.616. The molecule has 4 nitrogen and oxygen atoms in total. The molecule has 0 saturated carbocycles. The lowest BCUT2D eigenvalue weighted by Gasteiger charge is -2.20. The first-order chi connectivity index (χ1) is 11.6. The van der Waals surface area contributed by atoms with Crippen molar-refractivity contribution < 1.29 is 14.0 Å². The van der Waals surface area contributed by atoms with Crippen LogP contribution in [0.2, 0.25) is 0 Å². The summed E-state index contributed by atoms with van der Waals surface area (Å²) in [5, 5.41) is 2.62. The maximum absolute atomic E-state index is 12.8. The van der Waals surface area contributed by atoms with Crippen LogP contribution >= 0.6 is 0 Å². The Balaban J connectivity index is 1.83. The molecular formula is C19H21FN2O2. The lowest BCUT2D eigenvalue weighted by atomic mass is 10.1. The molecule has 0 aliphatic carbocycles. The minimum Gasteiger partial charge on any atom is -0.347 e. The van der Waals surface area contributed by atoms with Crippen molar-refractivity contribution in [2.24, 2.45) is 0 Å². The van der Waals surface area contributed by atoms with Crippen molar-refractivity contribution in [3.8, 4) is 0 Å². The van der Waals surface area contributed by atoms with E-state index in [9.17, 15) is 14.0 Å². The van der Waals surface area contributed by atoms with Gasteiger partial charge in [0, 0.05) is 19.6 Å². The van der Waals surface area contributed by atoms with E-state index >= 15 is 0 Å². The molecule has 0 unspecified atom stereocenters. The zero-order valence-electron chi connectivity index (χ0n) is 13.7. The Hall–Kier alpha value is -2.69. The molecule has 0 bridgehead atoms. The van der Waals surface area contributed by atoms with E-state index in [2.05, 4.69) is 5.32 Å². The van der Waals surface area contributed by atoms with Gasteiger partial charge in [0.1, 0.15) is 5.82 Å². The highest BCUT2D eigenvalue weighted by Gasteiger charge is 2.20. The molecule has 2 aromatic rings. The largest absolute Gasteiger partial charge is 0.347 e. The summed E-state index contributed by atoms with van der Waals surface area (Å²) < 4.78 is 12.8. The highest BCUT2D eigenvalue weighted by Crippen LogP contribution is 2.05. The van der Waals surface area contributed by atoms with Crippen molar-refractivity contribution in [3.05, 3.63) is 71.5 Å². The first-order valence-electron chi connectivity index (χ1n) is 7.95. The summed E-state index contributed by atoms with van der Waals surface area (Å²) in [6.45, 7) is 3.03. The maximum atomic E-state index is 12.8. The van der Waals surface area contributed by atoms with E-state index in [-0.39, 0.29) is 5.82 Å². The van der Waals surface area contributed by atoms with E-state index in [1.165, 1.54) is 17.0 Å². The number of likely N-dealkylation sites (N-methyl/N-ethyl adjacent to an activating group) is 1. The van der Waals surface area contributed by atoms with Gasteiger partial charge in [0.25, 0.3) is 0 Å². The van der Waals surface area contributed by atoms with Gasteiger partial charge in [-0.1, -0.05) is 42.5 Å². The summed E-state index contributed by atoms with van der Waals surface area (Å²) in [7, 11) is 0. The number of hydrogen-bond donors (Lipinski definition) is 1. The van der Waals surface area contributed by atoms with Crippen LogP contribution in [0.1, 0.15) is 18.1 Å². The van der Waals surface area contributed by atoms with E-state index in [4.69, 9.17) is 0 Å². The van der Waals surface area contributed by atoms with Gasteiger partial charge in [-0.2, -0.15) is 0 Å². The second-order valence-corrected chi connectivity index (χ2v) is 5.44. The van der Waals surface area contributed by atoms with E-state index < -0.39 is 11.8 Å². The Kier molecular flexibility index (Phi) is 6.49. The summed E-state index contributed by atoms with van der Waals surface area (Å²) in [5.41, 5.74) is 1.88. The Bertz CT molecular complexity index is 672. The van der Waals surface area contributed by atoms with Crippen molar-refractivity contribution in [3.63, 3.8) is 0 Å². The van der Waals surface area contributed by atoms with Crippen molar-refractivity contribution in [2.45, 2.75) is 19.9 Å². The Morgan fingerprint density at radius 2 is 1.67 bits per heavy atom.